The highest BCUT2D eigenvalue weighted by Crippen LogP contribution is 2.20. The van der Waals surface area contributed by atoms with Crippen molar-refractivity contribution >= 4 is 0 Å². The third-order valence-corrected chi connectivity index (χ3v) is 5.25. The van der Waals surface area contributed by atoms with Crippen LogP contribution in [0.2, 0.25) is 0 Å². The monoisotopic (exact) mass is 364 g/mol. The predicted octanol–water partition coefficient (Wildman–Crippen LogP) is 2.08. The lowest BCUT2D eigenvalue weighted by atomic mass is 10.1. The van der Waals surface area contributed by atoms with Crippen molar-refractivity contribution in [2.75, 3.05) is 26.2 Å². The maximum atomic E-state index is 13.5. The molecule has 142 valence electrons. The van der Waals surface area contributed by atoms with Crippen LogP contribution in [0.15, 0.2) is 24.4 Å². The van der Waals surface area contributed by atoms with Crippen LogP contribution in [0.5, 0.6) is 0 Å². The number of aryl methyl sites for hydroxylation is 1. The molecule has 0 spiro atoms. The number of aromatic nitrogens is 2. The van der Waals surface area contributed by atoms with Crippen molar-refractivity contribution in [2.24, 2.45) is 7.05 Å². The topological polar surface area (TPSA) is 44.5 Å². The molecule has 0 aliphatic carbocycles. The molecule has 1 atom stereocenters. The SMILES string of the molecule is Cc1c(CN2CCN(Cc3ccc(F)c(F)c3)[C@H](CCO)C2)cnn1C. The van der Waals surface area contributed by atoms with Crippen molar-refractivity contribution in [3.05, 3.63) is 52.9 Å². The van der Waals surface area contributed by atoms with E-state index in [4.69, 9.17) is 0 Å². The second kappa shape index (κ2) is 8.24. The molecule has 0 radical (unpaired) electrons. The molecule has 1 saturated heterocycles. The molecule has 1 aromatic carbocycles. The zero-order chi connectivity index (χ0) is 18.7. The van der Waals surface area contributed by atoms with E-state index in [1.54, 1.807) is 6.07 Å². The summed E-state index contributed by atoms with van der Waals surface area (Å²) in [5, 5.41) is 13.7. The van der Waals surface area contributed by atoms with Gasteiger partial charge in [-0.25, -0.2) is 8.78 Å². The standard InChI is InChI=1S/C19H26F2N4O/c1-14-16(10-22-23(14)2)12-24-6-7-25(17(13-24)5-8-26)11-15-3-4-18(20)19(21)9-15/h3-4,9-10,17,26H,5-8,11-13H2,1-2H3/t17-/m1/s1. The molecule has 2 aromatic rings. The second-order valence-electron chi connectivity index (χ2n) is 7.00. The Bertz CT molecular complexity index is 749. The number of piperazine rings is 1. The Kier molecular flexibility index (Phi) is 6.01. The lowest BCUT2D eigenvalue weighted by Gasteiger charge is -2.41. The van der Waals surface area contributed by atoms with Crippen molar-refractivity contribution in [3.63, 3.8) is 0 Å². The Morgan fingerprint density at radius 2 is 2.00 bits per heavy atom. The molecule has 26 heavy (non-hydrogen) atoms. The highest BCUT2D eigenvalue weighted by atomic mass is 19.2. The molecule has 1 aromatic heterocycles. The summed E-state index contributed by atoms with van der Waals surface area (Å²) in [4.78, 5) is 4.61. The van der Waals surface area contributed by atoms with E-state index in [0.29, 0.717) is 13.0 Å². The van der Waals surface area contributed by atoms with E-state index in [9.17, 15) is 13.9 Å². The summed E-state index contributed by atoms with van der Waals surface area (Å²) in [6.45, 7) is 6.11. The predicted molar refractivity (Wildman–Crippen MR) is 95.5 cm³/mol. The zero-order valence-electron chi connectivity index (χ0n) is 15.3. The Morgan fingerprint density at radius 3 is 2.65 bits per heavy atom. The molecule has 1 aliphatic heterocycles. The summed E-state index contributed by atoms with van der Waals surface area (Å²) < 4.78 is 28.5. The first-order chi connectivity index (χ1) is 12.5. The average Bonchev–Trinajstić information content (AvgIpc) is 2.93. The largest absolute Gasteiger partial charge is 0.396 e. The summed E-state index contributed by atoms with van der Waals surface area (Å²) in [6, 6.07) is 4.24. The molecular formula is C19H26F2N4O. The molecule has 1 N–H and O–H groups in total. The van der Waals surface area contributed by atoms with Crippen molar-refractivity contribution in [1.82, 2.24) is 19.6 Å². The fourth-order valence-corrected chi connectivity index (χ4v) is 3.54. The van der Waals surface area contributed by atoms with E-state index in [2.05, 4.69) is 21.8 Å². The van der Waals surface area contributed by atoms with Crippen LogP contribution in [0, 0.1) is 18.6 Å². The second-order valence-corrected chi connectivity index (χ2v) is 7.00. The summed E-state index contributed by atoms with van der Waals surface area (Å²) in [5.41, 5.74) is 3.13. The van der Waals surface area contributed by atoms with E-state index >= 15 is 0 Å². The van der Waals surface area contributed by atoms with Crippen LogP contribution in [0.25, 0.3) is 0 Å². The number of rotatable bonds is 6. The number of aliphatic hydroxyl groups is 1. The lowest BCUT2D eigenvalue weighted by Crippen LogP contribution is -2.52. The first-order valence-corrected chi connectivity index (χ1v) is 8.96. The highest BCUT2D eigenvalue weighted by Gasteiger charge is 2.27. The van der Waals surface area contributed by atoms with Gasteiger partial charge >= 0.3 is 0 Å². The molecule has 2 heterocycles. The molecule has 1 fully saturated rings. The minimum Gasteiger partial charge on any atom is -0.396 e. The molecule has 1 aliphatic rings. The van der Waals surface area contributed by atoms with E-state index in [1.807, 2.05) is 17.9 Å². The zero-order valence-corrected chi connectivity index (χ0v) is 15.3. The van der Waals surface area contributed by atoms with Crippen LogP contribution < -0.4 is 0 Å². The molecular weight excluding hydrogens is 338 g/mol. The summed E-state index contributed by atoms with van der Waals surface area (Å²) in [7, 11) is 1.94. The van der Waals surface area contributed by atoms with Gasteiger partial charge < -0.3 is 5.11 Å². The third kappa shape index (κ3) is 4.28. The van der Waals surface area contributed by atoms with Crippen LogP contribution in [0.1, 0.15) is 23.2 Å². The van der Waals surface area contributed by atoms with Gasteiger partial charge in [0, 0.05) is 63.7 Å². The number of hydrogen-bond donors (Lipinski definition) is 1. The van der Waals surface area contributed by atoms with E-state index < -0.39 is 11.6 Å². The smallest absolute Gasteiger partial charge is 0.159 e. The van der Waals surface area contributed by atoms with Crippen molar-refractivity contribution in [1.29, 1.82) is 0 Å². The van der Waals surface area contributed by atoms with E-state index in [-0.39, 0.29) is 12.6 Å². The average molecular weight is 364 g/mol. The van der Waals surface area contributed by atoms with Crippen LogP contribution >= 0.6 is 0 Å². The minimum absolute atomic E-state index is 0.110. The molecule has 0 amide bonds. The van der Waals surface area contributed by atoms with Crippen LogP contribution in [-0.4, -0.2) is 57.0 Å². The maximum Gasteiger partial charge on any atom is 0.159 e. The van der Waals surface area contributed by atoms with Gasteiger partial charge in [-0.15, -0.1) is 0 Å². The summed E-state index contributed by atoms with van der Waals surface area (Å²) >= 11 is 0. The van der Waals surface area contributed by atoms with Gasteiger partial charge in [0.15, 0.2) is 11.6 Å². The van der Waals surface area contributed by atoms with Crippen LogP contribution in [0.3, 0.4) is 0 Å². The fraction of sp³-hybridized carbons (Fsp3) is 0.526. The van der Waals surface area contributed by atoms with Gasteiger partial charge in [-0.2, -0.15) is 5.10 Å². The molecule has 0 unspecified atom stereocenters. The van der Waals surface area contributed by atoms with Crippen molar-refractivity contribution < 1.29 is 13.9 Å². The molecule has 0 bridgehead atoms. The lowest BCUT2D eigenvalue weighted by molar-refractivity contribution is 0.0498. The van der Waals surface area contributed by atoms with Gasteiger partial charge in [-0.1, -0.05) is 6.07 Å². The number of halogens is 2. The number of hydrogen-bond acceptors (Lipinski definition) is 4. The maximum absolute atomic E-state index is 13.5. The van der Waals surface area contributed by atoms with Crippen molar-refractivity contribution in [3.8, 4) is 0 Å². The summed E-state index contributed by atoms with van der Waals surface area (Å²) in [5.74, 6) is -1.63. The van der Waals surface area contributed by atoms with Crippen LogP contribution in [0.4, 0.5) is 8.78 Å². The number of aliphatic hydroxyl groups excluding tert-OH is 1. The van der Waals surface area contributed by atoms with E-state index in [0.717, 1.165) is 37.4 Å². The minimum atomic E-state index is -0.822. The quantitative estimate of drug-likeness (QED) is 0.852. The fourth-order valence-electron chi connectivity index (χ4n) is 3.54. The Balaban J connectivity index is 1.65. The van der Waals surface area contributed by atoms with Gasteiger partial charge in [0.2, 0.25) is 0 Å². The van der Waals surface area contributed by atoms with Gasteiger partial charge in [0.05, 0.1) is 6.20 Å². The first kappa shape index (κ1) is 18.9. The summed E-state index contributed by atoms with van der Waals surface area (Å²) in [6.07, 6.45) is 2.57. The highest BCUT2D eigenvalue weighted by molar-refractivity contribution is 5.18. The molecule has 3 rings (SSSR count). The molecule has 7 heteroatoms. The first-order valence-electron chi connectivity index (χ1n) is 8.96. The van der Waals surface area contributed by atoms with Crippen LogP contribution in [-0.2, 0) is 20.1 Å². The van der Waals surface area contributed by atoms with Gasteiger partial charge in [-0.3, -0.25) is 14.5 Å². The van der Waals surface area contributed by atoms with Crippen molar-refractivity contribution in [2.45, 2.75) is 32.5 Å². The number of nitrogens with zero attached hydrogens (tertiary/aromatic N) is 4. The Hall–Kier alpha value is -1.83. The normalized spacial score (nSPS) is 19.2. The molecule has 5 nitrogen and oxygen atoms in total. The Morgan fingerprint density at radius 1 is 1.19 bits per heavy atom. The molecule has 0 saturated carbocycles. The van der Waals surface area contributed by atoms with Gasteiger partial charge in [-0.05, 0) is 31.0 Å². The van der Waals surface area contributed by atoms with Gasteiger partial charge in [0.1, 0.15) is 0 Å². The Labute approximate surface area is 152 Å². The number of benzene rings is 1. The van der Waals surface area contributed by atoms with Gasteiger partial charge in [0.25, 0.3) is 0 Å². The van der Waals surface area contributed by atoms with E-state index in [1.165, 1.54) is 17.7 Å². The third-order valence-electron chi connectivity index (χ3n) is 5.25.